The van der Waals surface area contributed by atoms with E-state index in [1.54, 1.807) is 17.8 Å². The number of nitrogens with zero attached hydrogens (tertiary/aromatic N) is 3. The van der Waals surface area contributed by atoms with Gasteiger partial charge in [0.2, 0.25) is 5.91 Å². The molecule has 2 aromatic rings. The topological polar surface area (TPSA) is 72.4 Å². The fourth-order valence-corrected chi connectivity index (χ4v) is 3.22. The number of nitrogens with one attached hydrogen (secondary N) is 1. The molecule has 2 aromatic heterocycles. The minimum absolute atomic E-state index is 0.166. The Bertz CT molecular complexity index is 801. The van der Waals surface area contributed by atoms with E-state index >= 15 is 0 Å². The lowest BCUT2D eigenvalue weighted by Gasteiger charge is -2.04. The zero-order valence-corrected chi connectivity index (χ0v) is 14.1. The Morgan fingerprint density at radius 2 is 2.22 bits per heavy atom. The van der Waals surface area contributed by atoms with E-state index in [2.05, 4.69) is 15.5 Å². The van der Waals surface area contributed by atoms with E-state index in [1.165, 1.54) is 6.08 Å². The molecule has 0 saturated heterocycles. The lowest BCUT2D eigenvalue weighted by molar-refractivity contribution is -0.115. The maximum atomic E-state index is 11.9. The zero-order chi connectivity index (χ0) is 16.4. The molecule has 0 radical (unpaired) electrons. The fraction of sp³-hybridized carbons (Fsp3) is 0.312. The van der Waals surface area contributed by atoms with Crippen molar-refractivity contribution in [1.82, 2.24) is 15.0 Å². The number of thioether (sulfide) groups is 1. The molecule has 1 amide bonds. The predicted octanol–water partition coefficient (Wildman–Crippen LogP) is 2.62. The van der Waals surface area contributed by atoms with Gasteiger partial charge in [0.1, 0.15) is 5.76 Å². The third-order valence-electron chi connectivity index (χ3n) is 3.54. The van der Waals surface area contributed by atoms with Crippen LogP contribution < -0.4 is 5.32 Å². The number of aliphatic imine (C=N–C) groups is 1. The first-order valence-electron chi connectivity index (χ1n) is 7.33. The van der Waals surface area contributed by atoms with Gasteiger partial charge in [-0.3, -0.25) is 14.4 Å². The van der Waals surface area contributed by atoms with Gasteiger partial charge < -0.3 is 9.84 Å². The Hall–Kier alpha value is -2.28. The molecule has 1 aliphatic rings. The summed E-state index contributed by atoms with van der Waals surface area (Å²) in [5.41, 5.74) is 3.01. The van der Waals surface area contributed by atoms with Crippen molar-refractivity contribution in [2.45, 2.75) is 20.8 Å². The molecule has 0 fully saturated rings. The molecule has 0 unspecified atom stereocenters. The summed E-state index contributed by atoms with van der Waals surface area (Å²) < 4.78 is 7.15. The minimum Gasteiger partial charge on any atom is -0.360 e. The van der Waals surface area contributed by atoms with Gasteiger partial charge in [0.25, 0.3) is 0 Å². The number of amides is 1. The van der Waals surface area contributed by atoms with Crippen LogP contribution in [0, 0.1) is 20.8 Å². The van der Waals surface area contributed by atoms with E-state index in [0.717, 1.165) is 40.8 Å². The predicted molar refractivity (Wildman–Crippen MR) is 92.0 cm³/mol. The van der Waals surface area contributed by atoms with Crippen molar-refractivity contribution in [2.24, 2.45) is 4.99 Å². The summed E-state index contributed by atoms with van der Waals surface area (Å²) in [5, 5.41) is 7.53. The van der Waals surface area contributed by atoms with E-state index in [0.29, 0.717) is 5.17 Å². The molecule has 0 aliphatic carbocycles. The van der Waals surface area contributed by atoms with E-state index in [4.69, 9.17) is 4.52 Å². The largest absolute Gasteiger partial charge is 0.360 e. The summed E-state index contributed by atoms with van der Waals surface area (Å²) in [6, 6.07) is 3.90. The Morgan fingerprint density at radius 1 is 1.39 bits per heavy atom. The highest BCUT2D eigenvalue weighted by Gasteiger charge is 2.13. The molecule has 6 nitrogen and oxygen atoms in total. The van der Waals surface area contributed by atoms with Gasteiger partial charge in [-0.15, -0.1) is 0 Å². The number of rotatable bonds is 3. The van der Waals surface area contributed by atoms with Crippen LogP contribution in [0.5, 0.6) is 0 Å². The van der Waals surface area contributed by atoms with Crippen molar-refractivity contribution in [3.63, 3.8) is 0 Å². The number of amidine groups is 1. The van der Waals surface area contributed by atoms with Crippen molar-refractivity contribution in [1.29, 1.82) is 0 Å². The van der Waals surface area contributed by atoms with Gasteiger partial charge in [-0.2, -0.15) is 0 Å². The Labute approximate surface area is 138 Å². The number of carbonyl (C=O) groups is 1. The highest BCUT2D eigenvalue weighted by molar-refractivity contribution is 8.14. The lowest BCUT2D eigenvalue weighted by atomic mass is 10.2. The minimum atomic E-state index is -0.166. The van der Waals surface area contributed by atoms with E-state index in [1.807, 2.05) is 37.5 Å². The third-order valence-corrected chi connectivity index (χ3v) is 4.44. The van der Waals surface area contributed by atoms with Crippen molar-refractivity contribution in [3.05, 3.63) is 40.9 Å². The summed E-state index contributed by atoms with van der Waals surface area (Å²) in [5.74, 6) is 2.27. The molecular weight excluding hydrogens is 312 g/mol. The van der Waals surface area contributed by atoms with Gasteiger partial charge in [-0.25, -0.2) is 0 Å². The lowest BCUT2D eigenvalue weighted by Crippen LogP contribution is -2.25. The Morgan fingerprint density at radius 3 is 2.87 bits per heavy atom. The quantitative estimate of drug-likeness (QED) is 0.878. The number of carbonyl (C=O) groups excluding carboxylic acids is 1. The molecule has 1 aliphatic heterocycles. The van der Waals surface area contributed by atoms with Crippen LogP contribution in [0.1, 0.15) is 22.7 Å². The first-order valence-corrected chi connectivity index (χ1v) is 8.32. The molecule has 0 bridgehead atoms. The normalized spacial score (nSPS) is 14.5. The SMILES string of the molecule is Cc1cc(-n2c(C)cc(C=CC(=O)NC3=NCCS3)c2C)no1. The maximum Gasteiger partial charge on any atom is 0.249 e. The molecule has 120 valence electrons. The van der Waals surface area contributed by atoms with Gasteiger partial charge in [-0.1, -0.05) is 16.9 Å². The average molecular weight is 330 g/mol. The Kier molecular flexibility index (Phi) is 4.38. The van der Waals surface area contributed by atoms with Crippen molar-refractivity contribution >= 4 is 28.9 Å². The summed E-state index contributed by atoms with van der Waals surface area (Å²) in [7, 11) is 0. The van der Waals surface area contributed by atoms with Crippen molar-refractivity contribution < 1.29 is 9.32 Å². The van der Waals surface area contributed by atoms with Crippen LogP contribution in [0.3, 0.4) is 0 Å². The molecule has 0 spiro atoms. The van der Waals surface area contributed by atoms with E-state index < -0.39 is 0 Å². The second-order valence-corrected chi connectivity index (χ2v) is 6.40. The second kappa shape index (κ2) is 6.45. The van der Waals surface area contributed by atoms with Crippen LogP contribution in [0.25, 0.3) is 11.9 Å². The number of hydrogen-bond donors (Lipinski definition) is 1. The van der Waals surface area contributed by atoms with Crippen LogP contribution in [0.2, 0.25) is 0 Å². The molecule has 23 heavy (non-hydrogen) atoms. The molecule has 1 N–H and O–H groups in total. The first kappa shape index (κ1) is 15.6. The summed E-state index contributed by atoms with van der Waals surface area (Å²) in [4.78, 5) is 16.1. The third kappa shape index (κ3) is 3.39. The molecule has 0 atom stereocenters. The van der Waals surface area contributed by atoms with Crippen molar-refractivity contribution in [2.75, 3.05) is 12.3 Å². The summed E-state index contributed by atoms with van der Waals surface area (Å²) in [6.45, 7) is 6.62. The van der Waals surface area contributed by atoms with E-state index in [9.17, 15) is 4.79 Å². The van der Waals surface area contributed by atoms with Crippen LogP contribution in [0.4, 0.5) is 0 Å². The highest BCUT2D eigenvalue weighted by Crippen LogP contribution is 2.21. The first-order chi connectivity index (χ1) is 11.0. The molecule has 0 saturated carbocycles. The maximum absolute atomic E-state index is 11.9. The number of hydrogen-bond acceptors (Lipinski definition) is 5. The van der Waals surface area contributed by atoms with Crippen LogP contribution in [-0.2, 0) is 4.79 Å². The highest BCUT2D eigenvalue weighted by atomic mass is 32.2. The molecular formula is C16H18N4O2S. The second-order valence-electron chi connectivity index (χ2n) is 5.32. The van der Waals surface area contributed by atoms with Gasteiger partial charge in [0, 0.05) is 29.3 Å². The van der Waals surface area contributed by atoms with Crippen LogP contribution in [-0.4, -0.2) is 33.1 Å². The van der Waals surface area contributed by atoms with Crippen LogP contribution >= 0.6 is 11.8 Å². The molecule has 3 rings (SSSR count). The van der Waals surface area contributed by atoms with Crippen LogP contribution in [0.15, 0.2) is 27.7 Å². The standard InChI is InChI=1S/C16H18N4O2S/c1-10-8-13(4-5-15(21)18-16-17-6-7-23-16)12(3)20(10)14-9-11(2)22-19-14/h4-5,8-9H,6-7H2,1-3H3,(H,17,18,21). The van der Waals surface area contributed by atoms with Gasteiger partial charge in [0.15, 0.2) is 11.0 Å². The number of aryl methyl sites for hydroxylation is 2. The molecule has 7 heteroatoms. The number of aromatic nitrogens is 2. The zero-order valence-electron chi connectivity index (χ0n) is 13.3. The monoisotopic (exact) mass is 330 g/mol. The van der Waals surface area contributed by atoms with Gasteiger partial charge in [0.05, 0.1) is 6.54 Å². The fourth-order valence-electron chi connectivity index (χ4n) is 2.49. The summed E-state index contributed by atoms with van der Waals surface area (Å²) in [6.07, 6.45) is 3.34. The van der Waals surface area contributed by atoms with Gasteiger partial charge in [-0.05, 0) is 38.5 Å². The summed E-state index contributed by atoms with van der Waals surface area (Å²) >= 11 is 1.56. The smallest absolute Gasteiger partial charge is 0.249 e. The van der Waals surface area contributed by atoms with E-state index in [-0.39, 0.29) is 5.91 Å². The Balaban J connectivity index is 1.78. The van der Waals surface area contributed by atoms with Gasteiger partial charge >= 0.3 is 0 Å². The van der Waals surface area contributed by atoms with Crippen molar-refractivity contribution in [3.8, 4) is 5.82 Å². The molecule has 3 heterocycles. The molecule has 0 aromatic carbocycles. The average Bonchev–Trinajstić information content (AvgIpc) is 3.20.